The third-order valence-electron chi connectivity index (χ3n) is 1.37. The molecule has 0 fully saturated rings. The second-order valence-corrected chi connectivity index (χ2v) is 4.87. The quantitative estimate of drug-likeness (QED) is 0.561. The first kappa shape index (κ1) is 19.3. The molecule has 0 saturated carbocycles. The van der Waals surface area contributed by atoms with E-state index < -0.39 is 9.05 Å². The minimum absolute atomic E-state index is 0. The van der Waals surface area contributed by atoms with Crippen molar-refractivity contribution < 1.29 is 49.1 Å². The summed E-state index contributed by atoms with van der Waals surface area (Å²) in [5.74, 6) is -0.00639. The largest absolute Gasteiger partial charge is 1.00 e. The van der Waals surface area contributed by atoms with Gasteiger partial charge in [0.25, 0.3) is 15.0 Å². The minimum atomic E-state index is -3.83. The van der Waals surface area contributed by atoms with Crippen molar-refractivity contribution in [3.63, 3.8) is 0 Å². The first-order valence-corrected chi connectivity index (χ1v) is 6.77. The maximum atomic E-state index is 11.1. The average molecular weight is 287 g/mol. The Morgan fingerprint density at radius 1 is 1.41 bits per heavy atom. The molecule has 17 heavy (non-hydrogen) atoms. The van der Waals surface area contributed by atoms with Gasteiger partial charge in [-0.15, -0.1) is 0 Å². The van der Waals surface area contributed by atoms with Crippen molar-refractivity contribution >= 4 is 26.1 Å². The standard InChI is InChI=1S/C9H11NO.Na.H2O3S2.H/c1-2-10-9(11)8-6-4-3-5-7-8;;1-5(2,3)4;/h3-7H,2H2,1H3,(H,10,11);;(H2,1,2,3,4);/q;+1;;-1. The molecule has 0 atom stereocenters. The molecule has 92 valence electrons. The number of amides is 1. The molecule has 0 aromatic heterocycles. The van der Waals surface area contributed by atoms with Crippen molar-refractivity contribution in [2.24, 2.45) is 0 Å². The Morgan fingerprint density at radius 2 is 1.82 bits per heavy atom. The Balaban J connectivity index is -0.000000282. The van der Waals surface area contributed by atoms with Crippen molar-refractivity contribution in [3.05, 3.63) is 35.9 Å². The SMILES string of the molecule is CCNC(=O)c1ccccc1.O=S(O)(O)=S.[H-].[Na+]. The van der Waals surface area contributed by atoms with E-state index in [1.165, 1.54) is 0 Å². The van der Waals surface area contributed by atoms with E-state index >= 15 is 0 Å². The summed E-state index contributed by atoms with van der Waals surface area (Å²) in [6.07, 6.45) is 0. The van der Waals surface area contributed by atoms with E-state index in [0.29, 0.717) is 12.1 Å². The number of nitrogens with one attached hydrogen (secondary N) is 1. The summed E-state index contributed by atoms with van der Waals surface area (Å²) < 4.78 is 24.0. The predicted molar refractivity (Wildman–Crippen MR) is 66.3 cm³/mol. The van der Waals surface area contributed by atoms with E-state index in [9.17, 15) is 4.79 Å². The van der Waals surface area contributed by atoms with Gasteiger partial charge in [-0.3, -0.25) is 13.9 Å². The Hall–Kier alpha value is -0.0200. The van der Waals surface area contributed by atoms with E-state index in [1.807, 2.05) is 25.1 Å². The molecule has 1 aromatic carbocycles. The van der Waals surface area contributed by atoms with Gasteiger partial charge in [0.05, 0.1) is 0 Å². The van der Waals surface area contributed by atoms with Crippen LogP contribution in [0.4, 0.5) is 0 Å². The summed E-state index contributed by atoms with van der Waals surface area (Å²) in [7, 11) is -3.83. The maximum absolute atomic E-state index is 11.1. The number of hydrogen-bond acceptors (Lipinski definition) is 3. The summed E-state index contributed by atoms with van der Waals surface area (Å²) >= 11 is 3.47. The van der Waals surface area contributed by atoms with Gasteiger partial charge in [-0.1, -0.05) is 18.2 Å². The molecular weight excluding hydrogens is 273 g/mol. The fourth-order valence-corrected chi connectivity index (χ4v) is 0.852. The Labute approximate surface area is 129 Å². The zero-order valence-electron chi connectivity index (χ0n) is 10.6. The topological polar surface area (TPSA) is 86.6 Å². The molecule has 8 heteroatoms. The fourth-order valence-electron chi connectivity index (χ4n) is 0.852. The van der Waals surface area contributed by atoms with Gasteiger partial charge in [-0.05, 0) is 19.1 Å². The van der Waals surface area contributed by atoms with Gasteiger partial charge in [0, 0.05) is 23.3 Å². The van der Waals surface area contributed by atoms with Crippen molar-refractivity contribution in [2.75, 3.05) is 6.54 Å². The summed E-state index contributed by atoms with van der Waals surface area (Å²) in [5.41, 5.74) is 0.717. The van der Waals surface area contributed by atoms with Crippen LogP contribution in [-0.2, 0) is 20.2 Å². The molecule has 0 saturated heterocycles. The Morgan fingerprint density at radius 3 is 2.18 bits per heavy atom. The van der Waals surface area contributed by atoms with Gasteiger partial charge in [-0.25, -0.2) is 0 Å². The molecule has 0 aliphatic rings. The monoisotopic (exact) mass is 287 g/mol. The van der Waals surface area contributed by atoms with Crippen molar-refractivity contribution in [2.45, 2.75) is 6.92 Å². The van der Waals surface area contributed by atoms with Gasteiger partial charge in [0.2, 0.25) is 0 Å². The van der Waals surface area contributed by atoms with Crippen LogP contribution in [0, 0.1) is 0 Å². The molecule has 1 rings (SSSR count). The second-order valence-electron chi connectivity index (χ2n) is 2.67. The van der Waals surface area contributed by atoms with Crippen molar-refractivity contribution in [1.29, 1.82) is 0 Å². The van der Waals surface area contributed by atoms with Crippen molar-refractivity contribution in [1.82, 2.24) is 5.32 Å². The van der Waals surface area contributed by atoms with Gasteiger partial charge < -0.3 is 6.74 Å². The fraction of sp³-hybridized carbons (Fsp3) is 0.222. The van der Waals surface area contributed by atoms with Gasteiger partial charge in [-0.2, -0.15) is 4.21 Å². The number of carbonyl (C=O) groups is 1. The van der Waals surface area contributed by atoms with Gasteiger partial charge >= 0.3 is 29.6 Å². The summed E-state index contributed by atoms with van der Waals surface area (Å²) in [5, 5.41) is 2.72. The van der Waals surface area contributed by atoms with Crippen LogP contribution in [0.5, 0.6) is 0 Å². The molecule has 5 nitrogen and oxygen atoms in total. The molecule has 0 aliphatic heterocycles. The van der Waals surface area contributed by atoms with E-state index in [-0.39, 0.29) is 36.9 Å². The van der Waals surface area contributed by atoms with E-state index in [2.05, 4.69) is 16.5 Å². The first-order valence-electron chi connectivity index (χ1n) is 4.37. The third kappa shape index (κ3) is 13.9. The van der Waals surface area contributed by atoms with Crippen LogP contribution in [0.15, 0.2) is 30.3 Å². The first-order chi connectivity index (χ1) is 7.34. The number of benzene rings is 1. The molecule has 0 radical (unpaired) electrons. The molecular formula is C9H14NNaO4S2. The predicted octanol–water partition coefficient (Wildman–Crippen LogP) is -1.77. The molecule has 0 bridgehead atoms. The summed E-state index contributed by atoms with van der Waals surface area (Å²) in [6.45, 7) is 2.58. The summed E-state index contributed by atoms with van der Waals surface area (Å²) in [6, 6.07) is 9.19. The molecule has 0 spiro atoms. The smallest absolute Gasteiger partial charge is 1.00 e. The van der Waals surface area contributed by atoms with Crippen LogP contribution >= 0.6 is 0 Å². The maximum Gasteiger partial charge on any atom is 1.00 e. The zero-order chi connectivity index (χ0) is 12.6. The van der Waals surface area contributed by atoms with Crippen LogP contribution in [0.2, 0.25) is 0 Å². The van der Waals surface area contributed by atoms with Gasteiger partial charge in [0.15, 0.2) is 0 Å². The van der Waals surface area contributed by atoms with E-state index in [1.54, 1.807) is 12.1 Å². The normalized spacial score (nSPS) is 9.35. The summed E-state index contributed by atoms with van der Waals surface area (Å²) in [4.78, 5) is 11.1. The number of carbonyl (C=O) groups excluding carboxylic acids is 1. The average Bonchev–Trinajstić information content (AvgIpc) is 2.17. The number of rotatable bonds is 2. The van der Waals surface area contributed by atoms with Crippen LogP contribution in [0.1, 0.15) is 18.7 Å². The van der Waals surface area contributed by atoms with Crippen molar-refractivity contribution in [3.8, 4) is 0 Å². The molecule has 0 aliphatic carbocycles. The zero-order valence-corrected chi connectivity index (χ0v) is 13.3. The number of hydrogen-bond donors (Lipinski definition) is 3. The van der Waals surface area contributed by atoms with Crippen LogP contribution in [0.3, 0.4) is 0 Å². The molecule has 0 heterocycles. The third-order valence-corrected chi connectivity index (χ3v) is 1.37. The Kier molecular flexibility index (Phi) is 11.3. The molecule has 1 aromatic rings. The van der Waals surface area contributed by atoms with E-state index in [0.717, 1.165) is 0 Å². The van der Waals surface area contributed by atoms with Crippen LogP contribution in [0.25, 0.3) is 0 Å². The van der Waals surface area contributed by atoms with Crippen LogP contribution < -0.4 is 34.9 Å². The van der Waals surface area contributed by atoms with Gasteiger partial charge in [0.1, 0.15) is 0 Å². The second kappa shape index (κ2) is 9.95. The molecule has 0 unspecified atom stereocenters. The molecule has 1 amide bonds. The minimum Gasteiger partial charge on any atom is -1.00 e. The molecule has 3 N–H and O–H groups in total. The Bertz CT molecular complexity index is 419. The van der Waals surface area contributed by atoms with E-state index in [4.69, 9.17) is 13.3 Å². The van der Waals surface area contributed by atoms with Crippen LogP contribution in [-0.4, -0.2) is 25.8 Å².